The summed E-state index contributed by atoms with van der Waals surface area (Å²) in [6.45, 7) is 2.79. The minimum Gasteiger partial charge on any atom is -0.481 e. The third kappa shape index (κ3) is 3.84. The first-order valence-electron chi connectivity index (χ1n) is 6.57. The van der Waals surface area contributed by atoms with Crippen molar-refractivity contribution in [3.05, 3.63) is 52.8 Å². The number of carboxylic acid groups (broad SMARTS) is 1. The average Bonchev–Trinajstić information content (AvgIpc) is 2.88. The number of aryl methyl sites for hydroxylation is 1. The molecular formula is C15H17ClN2O2. The highest BCUT2D eigenvalue weighted by Crippen LogP contribution is 2.17. The second kappa shape index (κ2) is 6.57. The van der Waals surface area contributed by atoms with E-state index in [2.05, 4.69) is 5.10 Å². The maximum absolute atomic E-state index is 11.4. The predicted octanol–water partition coefficient (Wildman–Crippen LogP) is 3.04. The molecule has 0 saturated carbocycles. The lowest BCUT2D eigenvalue weighted by Gasteiger charge is -2.11. The maximum Gasteiger partial charge on any atom is 0.307 e. The molecule has 1 unspecified atom stereocenters. The number of aliphatic carboxylic acids is 1. The van der Waals surface area contributed by atoms with Crippen molar-refractivity contribution in [3.63, 3.8) is 0 Å². The summed E-state index contributed by atoms with van der Waals surface area (Å²) < 4.78 is 1.80. The molecule has 1 aromatic carbocycles. The summed E-state index contributed by atoms with van der Waals surface area (Å²) in [5.74, 6) is -1.24. The highest BCUT2D eigenvalue weighted by Gasteiger charge is 2.19. The average molecular weight is 293 g/mol. The van der Waals surface area contributed by atoms with E-state index in [0.29, 0.717) is 17.9 Å². The van der Waals surface area contributed by atoms with Crippen molar-refractivity contribution in [1.29, 1.82) is 0 Å². The van der Waals surface area contributed by atoms with Gasteiger partial charge in [-0.1, -0.05) is 23.7 Å². The normalized spacial score (nSPS) is 12.3. The molecule has 0 fully saturated rings. The van der Waals surface area contributed by atoms with Crippen molar-refractivity contribution in [2.75, 3.05) is 0 Å². The molecule has 0 bridgehead atoms. The largest absolute Gasteiger partial charge is 0.481 e. The van der Waals surface area contributed by atoms with Crippen molar-refractivity contribution in [3.8, 4) is 0 Å². The Balaban J connectivity index is 2.07. The number of rotatable bonds is 6. The van der Waals surface area contributed by atoms with Crippen LogP contribution in [0.25, 0.3) is 0 Å². The molecule has 20 heavy (non-hydrogen) atoms. The van der Waals surface area contributed by atoms with Crippen molar-refractivity contribution in [1.82, 2.24) is 9.78 Å². The van der Waals surface area contributed by atoms with E-state index in [1.165, 1.54) is 0 Å². The van der Waals surface area contributed by atoms with E-state index in [-0.39, 0.29) is 0 Å². The minimum atomic E-state index is -0.788. The molecule has 0 aliphatic carbocycles. The first-order chi connectivity index (χ1) is 9.58. The molecular weight excluding hydrogens is 276 g/mol. The monoisotopic (exact) mass is 292 g/mol. The number of halogens is 1. The van der Waals surface area contributed by atoms with Gasteiger partial charge in [0, 0.05) is 17.8 Å². The quantitative estimate of drug-likeness (QED) is 0.890. The van der Waals surface area contributed by atoms with Gasteiger partial charge in [0.05, 0.1) is 12.1 Å². The van der Waals surface area contributed by atoms with Crippen LogP contribution in [0.4, 0.5) is 0 Å². The van der Waals surface area contributed by atoms with Crippen LogP contribution in [0.5, 0.6) is 0 Å². The third-order valence-corrected chi connectivity index (χ3v) is 3.49. The SMILES string of the molecule is CCn1cc(CC(Cc2ccc(Cl)cc2)C(=O)O)cn1. The zero-order valence-electron chi connectivity index (χ0n) is 11.3. The summed E-state index contributed by atoms with van der Waals surface area (Å²) in [6, 6.07) is 7.30. The number of carbonyl (C=O) groups is 1. The van der Waals surface area contributed by atoms with Crippen LogP contribution in [0.3, 0.4) is 0 Å². The number of hydrogen-bond donors (Lipinski definition) is 1. The lowest BCUT2D eigenvalue weighted by molar-refractivity contribution is -0.141. The van der Waals surface area contributed by atoms with Crippen molar-refractivity contribution in [2.45, 2.75) is 26.3 Å². The number of carboxylic acids is 1. The fourth-order valence-corrected chi connectivity index (χ4v) is 2.25. The fourth-order valence-electron chi connectivity index (χ4n) is 2.12. The molecule has 0 aliphatic rings. The van der Waals surface area contributed by atoms with E-state index in [4.69, 9.17) is 11.6 Å². The Labute approximate surface area is 123 Å². The highest BCUT2D eigenvalue weighted by molar-refractivity contribution is 6.30. The number of benzene rings is 1. The first kappa shape index (κ1) is 14.6. The molecule has 0 saturated heterocycles. The van der Waals surface area contributed by atoms with Gasteiger partial charge >= 0.3 is 5.97 Å². The van der Waals surface area contributed by atoms with Gasteiger partial charge in [0.2, 0.25) is 0 Å². The van der Waals surface area contributed by atoms with Gasteiger partial charge < -0.3 is 5.11 Å². The summed E-state index contributed by atoms with van der Waals surface area (Å²) in [7, 11) is 0. The Hall–Kier alpha value is -1.81. The van der Waals surface area contributed by atoms with Gasteiger partial charge in [-0.15, -0.1) is 0 Å². The molecule has 2 rings (SSSR count). The van der Waals surface area contributed by atoms with Crippen LogP contribution in [-0.2, 0) is 24.2 Å². The van der Waals surface area contributed by atoms with Crippen LogP contribution in [0.2, 0.25) is 5.02 Å². The second-order valence-corrected chi connectivity index (χ2v) is 5.21. The van der Waals surface area contributed by atoms with Crippen LogP contribution in [-0.4, -0.2) is 20.9 Å². The molecule has 0 radical (unpaired) electrons. The van der Waals surface area contributed by atoms with Crippen LogP contribution >= 0.6 is 11.6 Å². The zero-order chi connectivity index (χ0) is 14.5. The number of aromatic nitrogens is 2. The van der Waals surface area contributed by atoms with Crippen molar-refractivity contribution >= 4 is 17.6 Å². The van der Waals surface area contributed by atoms with E-state index < -0.39 is 11.9 Å². The molecule has 2 aromatic rings. The lowest BCUT2D eigenvalue weighted by Crippen LogP contribution is -2.19. The highest BCUT2D eigenvalue weighted by atomic mass is 35.5. The lowest BCUT2D eigenvalue weighted by atomic mass is 9.94. The summed E-state index contributed by atoms with van der Waals surface area (Å²) in [4.78, 5) is 11.4. The van der Waals surface area contributed by atoms with Gasteiger partial charge in [0.1, 0.15) is 0 Å². The van der Waals surface area contributed by atoms with Gasteiger partial charge in [-0.25, -0.2) is 0 Å². The Morgan fingerprint density at radius 1 is 1.30 bits per heavy atom. The van der Waals surface area contributed by atoms with Crippen LogP contribution < -0.4 is 0 Å². The zero-order valence-corrected chi connectivity index (χ0v) is 12.0. The van der Waals surface area contributed by atoms with Crippen LogP contribution in [0, 0.1) is 5.92 Å². The number of hydrogen-bond acceptors (Lipinski definition) is 2. The smallest absolute Gasteiger partial charge is 0.307 e. The molecule has 0 spiro atoms. The van der Waals surface area contributed by atoms with Crippen LogP contribution in [0.15, 0.2) is 36.7 Å². The Kier molecular flexibility index (Phi) is 4.79. The van der Waals surface area contributed by atoms with E-state index in [0.717, 1.165) is 17.7 Å². The van der Waals surface area contributed by atoms with Gasteiger partial charge in [-0.3, -0.25) is 9.48 Å². The molecule has 1 heterocycles. The molecule has 0 amide bonds. The van der Waals surface area contributed by atoms with Crippen molar-refractivity contribution < 1.29 is 9.90 Å². The first-order valence-corrected chi connectivity index (χ1v) is 6.95. The summed E-state index contributed by atoms with van der Waals surface area (Å²) in [5, 5.41) is 14.2. The summed E-state index contributed by atoms with van der Waals surface area (Å²) in [5.41, 5.74) is 1.93. The van der Waals surface area contributed by atoms with E-state index >= 15 is 0 Å². The van der Waals surface area contributed by atoms with E-state index in [9.17, 15) is 9.90 Å². The standard InChI is InChI=1S/C15H17ClN2O2/c1-2-18-10-12(9-17-18)8-13(15(19)20)7-11-3-5-14(16)6-4-11/h3-6,9-10,13H,2,7-8H2,1H3,(H,19,20). The van der Waals surface area contributed by atoms with Gasteiger partial charge in [-0.05, 0) is 43.0 Å². The maximum atomic E-state index is 11.4. The molecule has 1 aromatic heterocycles. The molecule has 1 N–H and O–H groups in total. The summed E-state index contributed by atoms with van der Waals surface area (Å²) in [6.07, 6.45) is 4.61. The van der Waals surface area contributed by atoms with Crippen molar-refractivity contribution in [2.24, 2.45) is 5.92 Å². The number of nitrogens with zero attached hydrogens (tertiary/aromatic N) is 2. The van der Waals surface area contributed by atoms with E-state index in [1.807, 2.05) is 25.3 Å². The fraction of sp³-hybridized carbons (Fsp3) is 0.333. The minimum absolute atomic E-state index is 0.453. The Morgan fingerprint density at radius 3 is 2.50 bits per heavy atom. The van der Waals surface area contributed by atoms with Crippen LogP contribution in [0.1, 0.15) is 18.1 Å². The van der Waals surface area contributed by atoms with Gasteiger partial charge in [0.25, 0.3) is 0 Å². The predicted molar refractivity (Wildman–Crippen MR) is 77.9 cm³/mol. The third-order valence-electron chi connectivity index (χ3n) is 3.24. The molecule has 5 heteroatoms. The topological polar surface area (TPSA) is 55.1 Å². The molecule has 0 aliphatic heterocycles. The second-order valence-electron chi connectivity index (χ2n) is 4.77. The molecule has 4 nitrogen and oxygen atoms in total. The Morgan fingerprint density at radius 2 is 1.95 bits per heavy atom. The van der Waals surface area contributed by atoms with Gasteiger partial charge in [-0.2, -0.15) is 5.10 Å². The summed E-state index contributed by atoms with van der Waals surface area (Å²) >= 11 is 5.83. The Bertz CT molecular complexity index is 578. The van der Waals surface area contributed by atoms with Gasteiger partial charge in [0.15, 0.2) is 0 Å². The van der Waals surface area contributed by atoms with E-state index in [1.54, 1.807) is 23.0 Å². The molecule has 106 valence electrons. The molecule has 1 atom stereocenters.